The second-order valence-electron chi connectivity index (χ2n) is 8.15. The Hall–Kier alpha value is -3.12. The quantitative estimate of drug-likeness (QED) is 0.517. The fourth-order valence-electron chi connectivity index (χ4n) is 3.41. The lowest BCUT2D eigenvalue weighted by atomic mass is 10.1. The molecule has 3 rings (SSSR count). The summed E-state index contributed by atoms with van der Waals surface area (Å²) in [5.41, 5.74) is 3.65. The molecule has 3 aromatic rings. The molecule has 0 bridgehead atoms. The second kappa shape index (κ2) is 10.5. The van der Waals surface area contributed by atoms with Crippen LogP contribution in [0.15, 0.2) is 83.8 Å². The summed E-state index contributed by atoms with van der Waals surface area (Å²) in [6, 6.07) is 23.8. The standard InChI is InChI=1S/C26H30N2O3S/c1-20-9-15-24(16-10-20)28(32(30,31)25-17-11-21(2)12-18-25)19-26(29)27-22(3)13-14-23-7-5-4-6-8-23/h4-12,15-18,22H,13-14,19H2,1-3H3,(H,27,29)/t22-/m1/s1. The van der Waals surface area contributed by atoms with E-state index >= 15 is 0 Å². The third-order valence-corrected chi connectivity index (χ3v) is 7.12. The van der Waals surface area contributed by atoms with Crippen molar-refractivity contribution in [2.24, 2.45) is 0 Å². The third-order valence-electron chi connectivity index (χ3n) is 5.33. The second-order valence-corrected chi connectivity index (χ2v) is 10.0. The predicted octanol–water partition coefficient (Wildman–Crippen LogP) is 4.64. The Balaban J connectivity index is 1.75. The molecule has 0 radical (unpaired) electrons. The van der Waals surface area contributed by atoms with Crippen LogP contribution in [-0.2, 0) is 21.2 Å². The Bertz CT molecular complexity index is 1130. The molecule has 0 aliphatic heterocycles. The summed E-state index contributed by atoms with van der Waals surface area (Å²) >= 11 is 0. The Morgan fingerprint density at radius 1 is 0.875 bits per heavy atom. The normalized spacial score (nSPS) is 12.2. The number of nitrogens with one attached hydrogen (secondary N) is 1. The number of sulfonamides is 1. The maximum atomic E-state index is 13.4. The number of amides is 1. The molecule has 0 heterocycles. The zero-order chi connectivity index (χ0) is 23.1. The average Bonchev–Trinajstić information content (AvgIpc) is 2.78. The zero-order valence-electron chi connectivity index (χ0n) is 18.8. The molecule has 0 aliphatic rings. The minimum absolute atomic E-state index is 0.0790. The monoisotopic (exact) mass is 450 g/mol. The smallest absolute Gasteiger partial charge is 0.264 e. The molecule has 32 heavy (non-hydrogen) atoms. The molecule has 0 aliphatic carbocycles. The van der Waals surface area contributed by atoms with Gasteiger partial charge in [-0.15, -0.1) is 0 Å². The van der Waals surface area contributed by atoms with Crippen molar-refractivity contribution in [3.63, 3.8) is 0 Å². The highest BCUT2D eigenvalue weighted by atomic mass is 32.2. The fourth-order valence-corrected chi connectivity index (χ4v) is 4.84. The first-order valence-corrected chi connectivity index (χ1v) is 12.2. The first-order chi connectivity index (χ1) is 15.3. The Kier molecular flexibility index (Phi) is 7.70. The summed E-state index contributed by atoms with van der Waals surface area (Å²) < 4.78 is 28.0. The van der Waals surface area contributed by atoms with Crippen molar-refractivity contribution < 1.29 is 13.2 Å². The van der Waals surface area contributed by atoms with Gasteiger partial charge in [-0.25, -0.2) is 8.42 Å². The number of hydrogen-bond acceptors (Lipinski definition) is 3. The first-order valence-electron chi connectivity index (χ1n) is 10.7. The Morgan fingerprint density at radius 2 is 1.44 bits per heavy atom. The van der Waals surface area contributed by atoms with Crippen molar-refractivity contribution in [1.82, 2.24) is 5.32 Å². The van der Waals surface area contributed by atoms with E-state index < -0.39 is 10.0 Å². The molecule has 0 aromatic heterocycles. The molecule has 0 fully saturated rings. The van der Waals surface area contributed by atoms with Gasteiger partial charge >= 0.3 is 0 Å². The lowest BCUT2D eigenvalue weighted by molar-refractivity contribution is -0.120. The van der Waals surface area contributed by atoms with Gasteiger partial charge in [0.1, 0.15) is 6.54 Å². The highest BCUT2D eigenvalue weighted by Crippen LogP contribution is 2.24. The minimum Gasteiger partial charge on any atom is -0.352 e. The van der Waals surface area contributed by atoms with Gasteiger partial charge in [0.25, 0.3) is 10.0 Å². The van der Waals surface area contributed by atoms with Crippen LogP contribution in [-0.4, -0.2) is 26.9 Å². The number of benzene rings is 3. The zero-order valence-corrected chi connectivity index (χ0v) is 19.6. The van der Waals surface area contributed by atoms with E-state index in [9.17, 15) is 13.2 Å². The third kappa shape index (κ3) is 6.20. The maximum Gasteiger partial charge on any atom is 0.264 e. The van der Waals surface area contributed by atoms with Gasteiger partial charge in [0.15, 0.2) is 0 Å². The van der Waals surface area contributed by atoms with Crippen LogP contribution in [0.1, 0.15) is 30.0 Å². The van der Waals surface area contributed by atoms with Gasteiger partial charge in [-0.3, -0.25) is 9.10 Å². The molecule has 1 amide bonds. The molecule has 0 saturated carbocycles. The highest BCUT2D eigenvalue weighted by molar-refractivity contribution is 7.92. The van der Waals surface area contributed by atoms with Gasteiger partial charge < -0.3 is 5.32 Å². The van der Waals surface area contributed by atoms with E-state index in [0.717, 1.165) is 24.0 Å². The van der Waals surface area contributed by atoms with E-state index in [0.29, 0.717) is 5.69 Å². The van der Waals surface area contributed by atoms with E-state index in [2.05, 4.69) is 17.4 Å². The van der Waals surface area contributed by atoms with Crippen molar-refractivity contribution >= 4 is 21.6 Å². The van der Waals surface area contributed by atoms with Crippen molar-refractivity contribution in [3.8, 4) is 0 Å². The van der Waals surface area contributed by atoms with Crippen molar-refractivity contribution in [2.75, 3.05) is 10.8 Å². The van der Waals surface area contributed by atoms with E-state index in [-0.39, 0.29) is 23.4 Å². The lowest BCUT2D eigenvalue weighted by Gasteiger charge is -2.25. The molecule has 5 nitrogen and oxygen atoms in total. The molecular formula is C26H30N2O3S. The summed E-state index contributed by atoms with van der Waals surface area (Å²) in [6.07, 6.45) is 1.61. The molecule has 1 N–H and O–H groups in total. The van der Waals surface area contributed by atoms with Gasteiger partial charge in [-0.2, -0.15) is 0 Å². The van der Waals surface area contributed by atoms with Crippen LogP contribution >= 0.6 is 0 Å². The van der Waals surface area contributed by atoms with Gasteiger partial charge in [0.2, 0.25) is 5.91 Å². The van der Waals surface area contributed by atoms with Crippen molar-refractivity contribution in [3.05, 3.63) is 95.6 Å². The highest BCUT2D eigenvalue weighted by Gasteiger charge is 2.27. The predicted molar refractivity (Wildman–Crippen MR) is 129 cm³/mol. The molecule has 3 aromatic carbocycles. The van der Waals surface area contributed by atoms with E-state index in [4.69, 9.17) is 0 Å². The van der Waals surface area contributed by atoms with Crippen LogP contribution in [0.25, 0.3) is 0 Å². The lowest BCUT2D eigenvalue weighted by Crippen LogP contribution is -2.43. The van der Waals surface area contributed by atoms with Gasteiger partial charge in [-0.05, 0) is 63.4 Å². The summed E-state index contributed by atoms with van der Waals surface area (Å²) in [4.78, 5) is 13.0. The van der Waals surface area contributed by atoms with Crippen LogP contribution in [0.4, 0.5) is 5.69 Å². The molecule has 6 heteroatoms. The fraction of sp³-hybridized carbons (Fsp3) is 0.269. The maximum absolute atomic E-state index is 13.4. The van der Waals surface area contributed by atoms with Gasteiger partial charge in [-0.1, -0.05) is 65.7 Å². The number of carbonyl (C=O) groups is 1. The van der Waals surface area contributed by atoms with Crippen LogP contribution in [0.2, 0.25) is 0 Å². The van der Waals surface area contributed by atoms with Gasteiger partial charge in [0.05, 0.1) is 10.6 Å². The number of nitrogens with zero attached hydrogens (tertiary/aromatic N) is 1. The number of anilines is 1. The Morgan fingerprint density at radius 3 is 2.03 bits per heavy atom. The van der Waals surface area contributed by atoms with Crippen LogP contribution in [0, 0.1) is 13.8 Å². The SMILES string of the molecule is Cc1ccc(N(CC(=O)N[C@H](C)CCc2ccccc2)S(=O)(=O)c2ccc(C)cc2)cc1. The summed E-state index contributed by atoms with van der Waals surface area (Å²) in [7, 11) is -3.90. The largest absolute Gasteiger partial charge is 0.352 e. The van der Waals surface area contributed by atoms with E-state index in [1.54, 1.807) is 36.4 Å². The number of aryl methyl sites for hydroxylation is 3. The molecule has 1 atom stereocenters. The summed E-state index contributed by atoms with van der Waals surface area (Å²) in [5, 5.41) is 2.95. The van der Waals surface area contributed by atoms with E-state index in [1.807, 2.05) is 51.1 Å². The van der Waals surface area contributed by atoms with Crippen molar-refractivity contribution in [1.29, 1.82) is 0 Å². The molecule has 0 saturated heterocycles. The molecular weight excluding hydrogens is 420 g/mol. The number of hydrogen-bond donors (Lipinski definition) is 1. The summed E-state index contributed by atoms with van der Waals surface area (Å²) in [5.74, 6) is -0.332. The van der Waals surface area contributed by atoms with Crippen LogP contribution in [0.5, 0.6) is 0 Å². The molecule has 0 spiro atoms. The Labute approximate surface area is 191 Å². The van der Waals surface area contributed by atoms with Crippen LogP contribution in [0.3, 0.4) is 0 Å². The molecule has 0 unspecified atom stereocenters. The first kappa shape index (κ1) is 23.5. The topological polar surface area (TPSA) is 66.5 Å². The summed E-state index contributed by atoms with van der Waals surface area (Å²) in [6.45, 7) is 5.49. The van der Waals surface area contributed by atoms with Gasteiger partial charge in [0, 0.05) is 6.04 Å². The number of carbonyl (C=O) groups excluding carboxylic acids is 1. The van der Waals surface area contributed by atoms with Crippen LogP contribution < -0.4 is 9.62 Å². The van der Waals surface area contributed by atoms with Crippen molar-refractivity contribution in [2.45, 2.75) is 44.6 Å². The minimum atomic E-state index is -3.90. The molecule has 168 valence electrons. The number of rotatable bonds is 9. The van der Waals surface area contributed by atoms with E-state index in [1.165, 1.54) is 9.87 Å². The average molecular weight is 451 g/mol.